The first kappa shape index (κ1) is 20.0. The van der Waals surface area contributed by atoms with Crippen LogP contribution in [0.4, 0.5) is 0 Å². The molecule has 2 aromatic rings. The third-order valence-corrected chi connectivity index (χ3v) is 4.20. The molecular weight excluding hydrogens is 403 g/mol. The Morgan fingerprint density at radius 2 is 1.62 bits per heavy atom. The highest BCUT2D eigenvalue weighted by molar-refractivity contribution is 6.42. The average Bonchev–Trinajstić information content (AvgIpc) is 2.61. The number of ether oxygens (including phenoxy) is 1. The van der Waals surface area contributed by atoms with Gasteiger partial charge in [0.2, 0.25) is 0 Å². The Hall–Kier alpha value is -2.28. The predicted octanol–water partition coefficient (Wildman–Crippen LogP) is 3.19. The van der Waals surface area contributed by atoms with Crippen LogP contribution < -0.4 is 10.9 Å². The van der Waals surface area contributed by atoms with E-state index in [-0.39, 0.29) is 17.0 Å². The summed E-state index contributed by atoms with van der Waals surface area (Å²) in [6, 6.07) is 11.1. The fraction of sp³-hybridized carbons (Fsp3) is 0.118. The van der Waals surface area contributed by atoms with Gasteiger partial charge in [0.1, 0.15) is 0 Å². The van der Waals surface area contributed by atoms with Crippen LogP contribution in [0.1, 0.15) is 15.9 Å². The molecule has 9 heteroatoms. The van der Waals surface area contributed by atoms with Crippen molar-refractivity contribution in [1.82, 2.24) is 10.9 Å². The number of benzene rings is 2. The number of carbonyl (C=O) groups is 3. The SMILES string of the molecule is O=C(COC(=O)Cc1ccc(Cl)c(Cl)c1)NNC(=O)c1ccccc1Cl. The van der Waals surface area contributed by atoms with Gasteiger partial charge in [-0.05, 0) is 29.8 Å². The van der Waals surface area contributed by atoms with E-state index in [1.165, 1.54) is 12.1 Å². The van der Waals surface area contributed by atoms with E-state index in [2.05, 4.69) is 10.9 Å². The molecule has 0 saturated carbocycles. The summed E-state index contributed by atoms with van der Waals surface area (Å²) < 4.78 is 4.84. The first-order valence-electron chi connectivity index (χ1n) is 7.30. The summed E-state index contributed by atoms with van der Waals surface area (Å²) >= 11 is 17.5. The second-order valence-corrected chi connectivity index (χ2v) is 6.29. The third-order valence-electron chi connectivity index (χ3n) is 3.13. The van der Waals surface area contributed by atoms with E-state index in [9.17, 15) is 14.4 Å². The zero-order valence-corrected chi connectivity index (χ0v) is 15.5. The lowest BCUT2D eigenvalue weighted by Crippen LogP contribution is -2.43. The van der Waals surface area contributed by atoms with Crippen molar-refractivity contribution in [3.05, 3.63) is 68.7 Å². The molecule has 0 aromatic heterocycles. The minimum atomic E-state index is -0.701. The molecule has 2 N–H and O–H groups in total. The second-order valence-electron chi connectivity index (χ2n) is 5.07. The van der Waals surface area contributed by atoms with Gasteiger partial charge in [0.25, 0.3) is 11.8 Å². The monoisotopic (exact) mass is 414 g/mol. The quantitative estimate of drug-likeness (QED) is 0.580. The minimum absolute atomic E-state index is 0.0733. The number of hydrogen-bond acceptors (Lipinski definition) is 4. The molecule has 0 atom stereocenters. The standard InChI is InChI=1S/C17H13Cl3N2O4/c18-12-4-2-1-3-11(12)17(25)22-21-15(23)9-26-16(24)8-10-5-6-13(19)14(20)7-10/h1-7H,8-9H2,(H,21,23)(H,22,25). The van der Waals surface area contributed by atoms with Crippen molar-refractivity contribution < 1.29 is 19.1 Å². The van der Waals surface area contributed by atoms with Gasteiger partial charge in [-0.25, -0.2) is 0 Å². The van der Waals surface area contributed by atoms with Crippen LogP contribution in [0.3, 0.4) is 0 Å². The molecular formula is C17H13Cl3N2O4. The summed E-state index contributed by atoms with van der Waals surface area (Å²) in [5.41, 5.74) is 5.11. The largest absolute Gasteiger partial charge is 0.455 e. The molecule has 0 radical (unpaired) electrons. The van der Waals surface area contributed by atoms with Gasteiger partial charge in [-0.15, -0.1) is 0 Å². The minimum Gasteiger partial charge on any atom is -0.455 e. The van der Waals surface area contributed by atoms with Gasteiger partial charge in [-0.1, -0.05) is 53.0 Å². The van der Waals surface area contributed by atoms with Crippen LogP contribution in [-0.2, 0) is 20.7 Å². The highest BCUT2D eigenvalue weighted by Gasteiger charge is 2.12. The lowest BCUT2D eigenvalue weighted by molar-refractivity contribution is -0.148. The maximum absolute atomic E-state index is 11.9. The molecule has 0 bridgehead atoms. The molecule has 26 heavy (non-hydrogen) atoms. The number of hydrazine groups is 1. The van der Waals surface area contributed by atoms with Crippen molar-refractivity contribution in [2.24, 2.45) is 0 Å². The van der Waals surface area contributed by atoms with E-state index in [0.717, 1.165) is 0 Å². The van der Waals surface area contributed by atoms with E-state index < -0.39 is 24.4 Å². The molecule has 2 aromatic carbocycles. The number of esters is 1. The van der Waals surface area contributed by atoms with Gasteiger partial charge < -0.3 is 4.74 Å². The van der Waals surface area contributed by atoms with Crippen LogP contribution in [0.25, 0.3) is 0 Å². The Labute approximate surface area is 164 Å². The van der Waals surface area contributed by atoms with Crippen LogP contribution in [0.2, 0.25) is 15.1 Å². The zero-order valence-electron chi connectivity index (χ0n) is 13.2. The topological polar surface area (TPSA) is 84.5 Å². The maximum Gasteiger partial charge on any atom is 0.310 e. The number of halogens is 3. The highest BCUT2D eigenvalue weighted by Crippen LogP contribution is 2.22. The van der Waals surface area contributed by atoms with E-state index in [1.54, 1.807) is 30.3 Å². The average molecular weight is 416 g/mol. The summed E-state index contributed by atoms with van der Waals surface area (Å²) in [4.78, 5) is 35.2. The van der Waals surface area contributed by atoms with E-state index in [1.807, 2.05) is 0 Å². The van der Waals surface area contributed by atoms with Crippen molar-refractivity contribution >= 4 is 52.6 Å². The van der Waals surface area contributed by atoms with Gasteiger partial charge in [0, 0.05) is 0 Å². The molecule has 0 spiro atoms. The summed E-state index contributed by atoms with van der Waals surface area (Å²) in [5, 5.41) is 0.932. The van der Waals surface area contributed by atoms with Gasteiger partial charge >= 0.3 is 5.97 Å². The van der Waals surface area contributed by atoms with Crippen LogP contribution in [0.5, 0.6) is 0 Å². The molecule has 0 fully saturated rings. The second kappa shape index (κ2) is 9.43. The van der Waals surface area contributed by atoms with Crippen LogP contribution >= 0.6 is 34.8 Å². The first-order chi connectivity index (χ1) is 12.4. The summed E-state index contributed by atoms with van der Waals surface area (Å²) in [6.07, 6.45) is -0.0733. The molecule has 136 valence electrons. The number of hydrogen-bond donors (Lipinski definition) is 2. The Morgan fingerprint density at radius 3 is 2.31 bits per heavy atom. The molecule has 0 aliphatic heterocycles. The molecule has 0 aliphatic carbocycles. The summed E-state index contributed by atoms with van der Waals surface area (Å²) in [5.74, 6) is -1.92. The van der Waals surface area contributed by atoms with E-state index in [4.69, 9.17) is 39.5 Å². The van der Waals surface area contributed by atoms with E-state index in [0.29, 0.717) is 15.6 Å². The van der Waals surface area contributed by atoms with E-state index >= 15 is 0 Å². The molecule has 2 rings (SSSR count). The van der Waals surface area contributed by atoms with Gasteiger partial charge in [0.15, 0.2) is 6.61 Å². The van der Waals surface area contributed by atoms with Crippen molar-refractivity contribution in [3.63, 3.8) is 0 Å². The summed E-state index contributed by atoms with van der Waals surface area (Å²) in [7, 11) is 0. The van der Waals surface area contributed by atoms with Crippen molar-refractivity contribution in [2.75, 3.05) is 6.61 Å². The Morgan fingerprint density at radius 1 is 0.885 bits per heavy atom. The summed E-state index contributed by atoms with van der Waals surface area (Å²) in [6.45, 7) is -0.553. The van der Waals surface area contributed by atoms with Crippen molar-refractivity contribution in [3.8, 4) is 0 Å². The Bertz CT molecular complexity index is 843. The van der Waals surface area contributed by atoms with Gasteiger partial charge in [-0.3, -0.25) is 25.2 Å². The first-order valence-corrected chi connectivity index (χ1v) is 8.43. The molecule has 6 nitrogen and oxygen atoms in total. The molecule has 0 unspecified atom stereocenters. The maximum atomic E-state index is 11.9. The number of amides is 2. The Balaban J connectivity index is 1.76. The fourth-order valence-electron chi connectivity index (χ4n) is 1.89. The number of carbonyl (C=O) groups excluding carboxylic acids is 3. The molecule has 2 amide bonds. The third kappa shape index (κ3) is 5.91. The lowest BCUT2D eigenvalue weighted by atomic mass is 10.1. The van der Waals surface area contributed by atoms with Gasteiger partial charge in [-0.2, -0.15) is 0 Å². The number of nitrogens with one attached hydrogen (secondary N) is 2. The Kier molecular flexibility index (Phi) is 7.26. The molecule has 0 heterocycles. The number of rotatable bonds is 5. The van der Waals surface area contributed by atoms with Crippen LogP contribution in [-0.4, -0.2) is 24.4 Å². The zero-order chi connectivity index (χ0) is 19.1. The molecule has 0 aliphatic rings. The smallest absolute Gasteiger partial charge is 0.310 e. The fourth-order valence-corrected chi connectivity index (χ4v) is 2.43. The normalized spacial score (nSPS) is 10.1. The lowest BCUT2D eigenvalue weighted by Gasteiger charge is -2.09. The van der Waals surface area contributed by atoms with Crippen molar-refractivity contribution in [2.45, 2.75) is 6.42 Å². The van der Waals surface area contributed by atoms with Gasteiger partial charge in [0.05, 0.1) is 27.1 Å². The predicted molar refractivity (Wildman–Crippen MR) is 98.2 cm³/mol. The highest BCUT2D eigenvalue weighted by atomic mass is 35.5. The van der Waals surface area contributed by atoms with Crippen LogP contribution in [0, 0.1) is 0 Å². The van der Waals surface area contributed by atoms with Crippen LogP contribution in [0.15, 0.2) is 42.5 Å². The molecule has 0 saturated heterocycles. The van der Waals surface area contributed by atoms with Crippen molar-refractivity contribution in [1.29, 1.82) is 0 Å².